The molecule has 0 unspecified atom stereocenters. The van der Waals surface area contributed by atoms with E-state index in [0.717, 1.165) is 32.0 Å². The van der Waals surface area contributed by atoms with Gasteiger partial charge in [-0.3, -0.25) is 9.69 Å². The molecule has 56 valence electrons. The number of piperidine rings is 1. The summed E-state index contributed by atoms with van der Waals surface area (Å²) in [7, 11) is 0. The van der Waals surface area contributed by atoms with E-state index >= 15 is 0 Å². The van der Waals surface area contributed by atoms with Crippen molar-refractivity contribution < 1.29 is 4.79 Å². The van der Waals surface area contributed by atoms with E-state index in [9.17, 15) is 4.79 Å². The Hall–Kier alpha value is -0.370. The van der Waals surface area contributed by atoms with Crippen molar-refractivity contribution in [3.05, 3.63) is 0 Å². The lowest BCUT2D eigenvalue weighted by molar-refractivity contribution is -0.122. The van der Waals surface area contributed by atoms with Crippen molar-refractivity contribution >= 4 is 5.78 Å². The number of hydrogen-bond acceptors (Lipinski definition) is 2. The van der Waals surface area contributed by atoms with Crippen LogP contribution >= 0.6 is 0 Å². The van der Waals surface area contributed by atoms with Gasteiger partial charge in [0.05, 0.1) is 6.54 Å². The quantitative estimate of drug-likeness (QED) is 0.536. The molecule has 1 aliphatic heterocycles. The fourth-order valence-corrected chi connectivity index (χ4v) is 1.62. The summed E-state index contributed by atoms with van der Waals surface area (Å²) in [6.07, 6.45) is 4.57. The van der Waals surface area contributed by atoms with Gasteiger partial charge in [-0.05, 0) is 25.8 Å². The zero-order chi connectivity index (χ0) is 6.97. The van der Waals surface area contributed by atoms with Gasteiger partial charge in [-0.25, -0.2) is 0 Å². The fourth-order valence-electron chi connectivity index (χ4n) is 1.62. The number of hydrogen-bond donors (Lipinski definition) is 0. The molecule has 0 bridgehead atoms. The van der Waals surface area contributed by atoms with Crippen LogP contribution in [0.1, 0.15) is 25.7 Å². The lowest BCUT2D eigenvalue weighted by atomic mass is 10.1. The summed E-state index contributed by atoms with van der Waals surface area (Å²) in [5.74, 6) is 0.443. The van der Waals surface area contributed by atoms with Crippen molar-refractivity contribution in [1.82, 2.24) is 4.90 Å². The predicted molar refractivity (Wildman–Crippen MR) is 38.8 cm³/mol. The molecule has 0 aromatic heterocycles. The molecule has 2 rings (SSSR count). The summed E-state index contributed by atoms with van der Waals surface area (Å²) >= 11 is 0. The van der Waals surface area contributed by atoms with Gasteiger partial charge in [-0.1, -0.05) is 0 Å². The van der Waals surface area contributed by atoms with Gasteiger partial charge in [0.15, 0.2) is 0 Å². The second-order valence-electron chi connectivity index (χ2n) is 3.34. The highest BCUT2D eigenvalue weighted by molar-refractivity contribution is 5.81. The maximum Gasteiger partial charge on any atom is 0.146 e. The number of carbonyl (C=O) groups excluding carboxylic acids is 1. The average molecular weight is 139 g/mol. The SMILES string of the molecule is O=C1CCCN(C2CC2)C1. The Bertz CT molecular complexity index is 151. The van der Waals surface area contributed by atoms with Crippen molar-refractivity contribution in [1.29, 1.82) is 0 Å². The van der Waals surface area contributed by atoms with Crippen molar-refractivity contribution in [2.75, 3.05) is 13.1 Å². The van der Waals surface area contributed by atoms with Crippen LogP contribution in [0, 0.1) is 0 Å². The van der Waals surface area contributed by atoms with Crippen LogP contribution in [0.2, 0.25) is 0 Å². The van der Waals surface area contributed by atoms with Crippen molar-refractivity contribution in [2.45, 2.75) is 31.7 Å². The van der Waals surface area contributed by atoms with Crippen LogP contribution in [0.15, 0.2) is 0 Å². The molecule has 1 saturated carbocycles. The number of likely N-dealkylation sites (tertiary alicyclic amines) is 1. The average Bonchev–Trinajstić information content (AvgIpc) is 2.68. The molecule has 10 heavy (non-hydrogen) atoms. The van der Waals surface area contributed by atoms with E-state index in [0.29, 0.717) is 5.78 Å². The molecule has 1 heterocycles. The summed E-state index contributed by atoms with van der Waals surface area (Å²) in [6.45, 7) is 1.90. The van der Waals surface area contributed by atoms with Gasteiger partial charge in [0.1, 0.15) is 5.78 Å². The van der Waals surface area contributed by atoms with Crippen LogP contribution in [0.3, 0.4) is 0 Å². The maximum atomic E-state index is 11.0. The second-order valence-corrected chi connectivity index (χ2v) is 3.34. The molecule has 0 amide bonds. The molecular formula is C8H13NO. The first-order valence-electron chi connectivity index (χ1n) is 4.12. The number of Topliss-reactive ketones (excluding diaryl/α,β-unsaturated/α-hetero) is 1. The van der Waals surface area contributed by atoms with Crippen LogP contribution in [-0.2, 0) is 4.79 Å². The Morgan fingerprint density at radius 3 is 2.80 bits per heavy atom. The van der Waals surface area contributed by atoms with Crippen LogP contribution in [0.25, 0.3) is 0 Å². The van der Waals surface area contributed by atoms with E-state index in [4.69, 9.17) is 0 Å². The Balaban J connectivity index is 1.89. The minimum absolute atomic E-state index is 0.443. The van der Waals surface area contributed by atoms with E-state index in [-0.39, 0.29) is 0 Å². The molecule has 0 aromatic rings. The standard InChI is InChI=1S/C8H13NO/c10-8-2-1-5-9(6-8)7-3-4-7/h7H,1-6H2. The molecule has 2 nitrogen and oxygen atoms in total. The topological polar surface area (TPSA) is 20.3 Å². The molecule has 2 fully saturated rings. The van der Waals surface area contributed by atoms with Gasteiger partial charge in [-0.2, -0.15) is 0 Å². The van der Waals surface area contributed by atoms with Gasteiger partial charge in [0, 0.05) is 12.5 Å². The third kappa shape index (κ3) is 1.21. The minimum atomic E-state index is 0.443. The third-order valence-electron chi connectivity index (χ3n) is 2.34. The normalized spacial score (nSPS) is 29.0. The van der Waals surface area contributed by atoms with E-state index in [1.165, 1.54) is 12.8 Å². The van der Waals surface area contributed by atoms with E-state index in [1.54, 1.807) is 0 Å². The molecule has 2 aliphatic rings. The van der Waals surface area contributed by atoms with Crippen molar-refractivity contribution in [3.63, 3.8) is 0 Å². The molecule has 1 aliphatic carbocycles. The monoisotopic (exact) mass is 139 g/mol. The van der Waals surface area contributed by atoms with Gasteiger partial charge in [0.2, 0.25) is 0 Å². The largest absolute Gasteiger partial charge is 0.298 e. The van der Waals surface area contributed by atoms with Gasteiger partial charge >= 0.3 is 0 Å². The Labute approximate surface area is 61.2 Å². The van der Waals surface area contributed by atoms with Crippen LogP contribution in [-0.4, -0.2) is 29.8 Å². The first-order valence-corrected chi connectivity index (χ1v) is 4.12. The van der Waals surface area contributed by atoms with Gasteiger partial charge < -0.3 is 0 Å². The van der Waals surface area contributed by atoms with E-state index < -0.39 is 0 Å². The van der Waals surface area contributed by atoms with Gasteiger partial charge in [-0.15, -0.1) is 0 Å². The number of carbonyl (C=O) groups is 1. The Morgan fingerprint density at radius 1 is 1.40 bits per heavy atom. The molecule has 0 N–H and O–H groups in total. The summed E-state index contributed by atoms with van der Waals surface area (Å²) < 4.78 is 0. The Kier molecular flexibility index (Phi) is 1.49. The summed E-state index contributed by atoms with van der Waals surface area (Å²) in [6, 6.07) is 0.782. The zero-order valence-corrected chi connectivity index (χ0v) is 6.18. The minimum Gasteiger partial charge on any atom is -0.298 e. The van der Waals surface area contributed by atoms with Crippen LogP contribution in [0.4, 0.5) is 0 Å². The first kappa shape index (κ1) is 6.35. The predicted octanol–water partition coefficient (Wildman–Crippen LogP) is 0.814. The summed E-state index contributed by atoms with van der Waals surface area (Å²) in [5.41, 5.74) is 0. The molecule has 0 atom stereocenters. The second kappa shape index (κ2) is 2.35. The number of ketones is 1. The number of rotatable bonds is 1. The van der Waals surface area contributed by atoms with E-state index in [1.807, 2.05) is 0 Å². The van der Waals surface area contributed by atoms with Crippen LogP contribution in [0.5, 0.6) is 0 Å². The molecule has 0 aromatic carbocycles. The number of nitrogens with zero attached hydrogens (tertiary/aromatic N) is 1. The summed E-state index contributed by atoms with van der Waals surface area (Å²) in [5, 5.41) is 0. The molecule has 1 saturated heterocycles. The Morgan fingerprint density at radius 2 is 2.20 bits per heavy atom. The summed E-state index contributed by atoms with van der Waals surface area (Å²) in [4.78, 5) is 13.3. The zero-order valence-electron chi connectivity index (χ0n) is 6.18. The highest BCUT2D eigenvalue weighted by Crippen LogP contribution is 2.28. The van der Waals surface area contributed by atoms with Crippen LogP contribution < -0.4 is 0 Å². The van der Waals surface area contributed by atoms with Crippen molar-refractivity contribution in [2.24, 2.45) is 0 Å². The first-order chi connectivity index (χ1) is 4.86. The highest BCUT2D eigenvalue weighted by atomic mass is 16.1. The molecular weight excluding hydrogens is 126 g/mol. The van der Waals surface area contributed by atoms with Crippen molar-refractivity contribution in [3.8, 4) is 0 Å². The van der Waals surface area contributed by atoms with E-state index in [2.05, 4.69) is 4.90 Å². The molecule has 0 spiro atoms. The lowest BCUT2D eigenvalue weighted by Gasteiger charge is -2.24. The van der Waals surface area contributed by atoms with Gasteiger partial charge in [0.25, 0.3) is 0 Å². The smallest absolute Gasteiger partial charge is 0.146 e. The highest BCUT2D eigenvalue weighted by Gasteiger charge is 2.31. The fraction of sp³-hybridized carbons (Fsp3) is 0.875. The third-order valence-corrected chi connectivity index (χ3v) is 2.34. The molecule has 0 radical (unpaired) electrons. The lowest BCUT2D eigenvalue weighted by Crippen LogP contribution is -2.36. The maximum absolute atomic E-state index is 11.0. The molecule has 2 heteroatoms.